The van der Waals surface area contributed by atoms with Crippen LogP contribution in [-0.4, -0.2) is 11.1 Å². The molecule has 0 aromatic rings. The van der Waals surface area contributed by atoms with Crippen LogP contribution in [-0.2, 0) is 4.79 Å². The fourth-order valence-corrected chi connectivity index (χ4v) is 22.1. The molecule has 1 N–H and O–H groups in total. The second-order valence-electron chi connectivity index (χ2n) is 20.0. The molecule has 0 bridgehead atoms. The van der Waals surface area contributed by atoms with Gasteiger partial charge >= 0.3 is 5.97 Å². The smallest absolute Gasteiger partial charge is 0.310 e. The van der Waals surface area contributed by atoms with Gasteiger partial charge in [0.15, 0.2) is 0 Å². The van der Waals surface area contributed by atoms with E-state index in [1.165, 1.54) is 18.4 Å². The van der Waals surface area contributed by atoms with Gasteiger partial charge in [-0.1, -0.05) is 41.0 Å². The number of hydrogen-bond acceptors (Lipinski definition) is 1. The molecule has 0 heterocycles. The average Bonchev–Trinajstić information content (AvgIpc) is 3.83. The van der Waals surface area contributed by atoms with Gasteiger partial charge in [-0.25, -0.2) is 0 Å². The molecule has 10 fully saturated rings. The topological polar surface area (TPSA) is 37.3 Å². The Labute approximate surface area is 253 Å². The van der Waals surface area contributed by atoms with E-state index >= 15 is 0 Å². The largest absolute Gasteiger partial charge is 0.481 e. The third-order valence-corrected chi connectivity index (χ3v) is 21.0. The highest BCUT2D eigenvalue weighted by Crippen LogP contribution is 2.90. The maximum Gasteiger partial charge on any atom is 0.310 e. The van der Waals surface area contributed by atoms with Crippen LogP contribution in [0.3, 0.4) is 0 Å². The number of hydrogen-bond donors (Lipinski definition) is 1. The predicted octanol–water partition coefficient (Wildman–Crippen LogP) is 6.58. The summed E-state index contributed by atoms with van der Waals surface area (Å²) in [4.78, 5) is 13.3. The minimum atomic E-state index is -0.458. The Morgan fingerprint density at radius 1 is 0.465 bits per heavy atom. The Morgan fingerprint density at radius 2 is 1.00 bits per heavy atom. The van der Waals surface area contributed by atoms with Gasteiger partial charge < -0.3 is 5.11 Å². The number of aliphatic carboxylic acids is 1. The van der Waals surface area contributed by atoms with Crippen LogP contribution >= 0.6 is 0 Å². The van der Waals surface area contributed by atoms with E-state index in [-0.39, 0.29) is 5.92 Å². The van der Waals surface area contributed by atoms with Gasteiger partial charge in [-0.3, -0.25) is 4.79 Å². The van der Waals surface area contributed by atoms with Gasteiger partial charge in [0.2, 0.25) is 0 Å². The van der Waals surface area contributed by atoms with Crippen molar-refractivity contribution in [1.29, 1.82) is 0 Å². The monoisotopic (exact) mass is 566 g/mol. The number of carboxylic acids is 1. The molecule has 10 saturated carbocycles. The summed E-state index contributed by atoms with van der Waals surface area (Å²) < 4.78 is 0. The van der Waals surface area contributed by atoms with E-state index in [2.05, 4.69) is 35.5 Å². The van der Waals surface area contributed by atoms with E-state index in [9.17, 15) is 9.90 Å². The first kappa shape index (κ1) is 21.3. The molecule has 43 heavy (non-hydrogen) atoms. The lowest BCUT2D eigenvalue weighted by molar-refractivity contribution is -0.141. The van der Waals surface area contributed by atoms with Crippen LogP contribution in [0.2, 0.25) is 0 Å². The summed E-state index contributed by atoms with van der Waals surface area (Å²) in [5.74, 6) is 22.6. The molecule has 0 aliphatic heterocycles. The van der Waals surface area contributed by atoms with Crippen molar-refractivity contribution in [3.63, 3.8) is 0 Å². The summed E-state index contributed by atoms with van der Waals surface area (Å²) in [6.07, 6.45) is 18.2. The molecule has 0 radical (unpaired) electrons. The molecular formula is C41H42O2. The van der Waals surface area contributed by atoms with Crippen LogP contribution in [0.1, 0.15) is 32.1 Å². The third kappa shape index (κ3) is 1.65. The zero-order chi connectivity index (χ0) is 26.8. The van der Waals surface area contributed by atoms with Crippen LogP contribution in [0.5, 0.6) is 0 Å². The van der Waals surface area contributed by atoms with E-state index in [4.69, 9.17) is 0 Å². The highest BCUT2D eigenvalue weighted by atomic mass is 16.4. The van der Waals surface area contributed by atoms with Gasteiger partial charge in [-0.2, -0.15) is 0 Å². The third-order valence-electron chi connectivity index (χ3n) is 21.0. The Balaban J connectivity index is 1.10. The highest BCUT2D eigenvalue weighted by Gasteiger charge is 2.85. The summed E-state index contributed by atoms with van der Waals surface area (Å²) in [7, 11) is 0. The molecule has 0 saturated heterocycles. The van der Waals surface area contributed by atoms with Crippen LogP contribution < -0.4 is 0 Å². The fourth-order valence-electron chi connectivity index (χ4n) is 22.1. The first-order chi connectivity index (χ1) is 21.2. The molecule has 27 atom stereocenters. The number of carbonyl (C=O) groups is 1. The summed E-state index contributed by atoms with van der Waals surface area (Å²) in [6.45, 7) is 0. The van der Waals surface area contributed by atoms with Crippen molar-refractivity contribution < 1.29 is 9.90 Å². The molecule has 16 rings (SSSR count). The fraction of sp³-hybridized carbons (Fsp3) is 0.780. The molecule has 0 amide bonds. The van der Waals surface area contributed by atoms with Crippen LogP contribution in [0.25, 0.3) is 0 Å². The lowest BCUT2D eigenvalue weighted by atomic mass is 9.44. The van der Waals surface area contributed by atoms with Crippen molar-refractivity contribution in [2.45, 2.75) is 32.1 Å². The zero-order valence-electron chi connectivity index (χ0n) is 24.8. The molecule has 218 valence electrons. The van der Waals surface area contributed by atoms with Gasteiger partial charge in [-0.05, 0) is 186 Å². The predicted molar refractivity (Wildman–Crippen MR) is 157 cm³/mol. The number of fused-ring (bicyclic) bond motifs is 5. The molecule has 0 aromatic carbocycles. The highest BCUT2D eigenvalue weighted by molar-refractivity contribution is 5.76. The first-order valence-electron chi connectivity index (χ1n) is 19.3. The van der Waals surface area contributed by atoms with Crippen molar-refractivity contribution >= 4 is 5.97 Å². The van der Waals surface area contributed by atoms with E-state index in [0.717, 1.165) is 143 Å². The first-order valence-corrected chi connectivity index (χ1v) is 19.3. The molecular weight excluding hydrogens is 524 g/mol. The van der Waals surface area contributed by atoms with Crippen molar-refractivity contribution in [2.75, 3.05) is 0 Å². The van der Waals surface area contributed by atoms with Crippen LogP contribution in [0, 0.1) is 160 Å². The molecule has 27 unspecified atom stereocenters. The van der Waals surface area contributed by atoms with Gasteiger partial charge in [0, 0.05) is 5.92 Å². The quantitative estimate of drug-likeness (QED) is 0.364. The number of rotatable bonds is 1. The normalized spacial score (nSPS) is 76.0. The van der Waals surface area contributed by atoms with Crippen LogP contribution in [0.15, 0.2) is 46.6 Å². The SMILES string of the molecule is O=C(O)C1CC2C3CCC4C5CCC6C7C=CC8C9C=CC%10C1=C1C%11C%12C%13=C(C9C%10%11)C8C7C7C%13C8C%12C(C12)C3C4C8C5C67. The summed E-state index contributed by atoms with van der Waals surface area (Å²) in [6, 6.07) is 0. The Kier molecular flexibility index (Phi) is 2.91. The molecule has 2 heteroatoms. The standard InChI is InChI=1S/C41H42O2/c42-41(43)19-9-18-16-6-5-14-12-2-1-10-11-3-4-13-15-7-8-17-20(19)30-29(18)34-27(16)25(14)32-22(12)21(10)31-23(11)24(13)33-26(15)28(17)35(30)40-38(33)36(31)37(32)39(34)40/h3-4,7-8,10-19,21-29,31-32,34-37,39-40H,1-2,5-6,9H2,(H,42,43). The van der Waals surface area contributed by atoms with Gasteiger partial charge in [0.1, 0.15) is 0 Å². The molecule has 0 spiro atoms. The Bertz CT molecular complexity index is 1710. The minimum Gasteiger partial charge on any atom is -0.481 e. The number of carboxylic acid groups (broad SMARTS) is 1. The molecule has 0 aromatic heterocycles. The van der Waals surface area contributed by atoms with Crippen molar-refractivity contribution in [1.82, 2.24) is 0 Å². The Morgan fingerprint density at radius 3 is 1.81 bits per heavy atom. The summed E-state index contributed by atoms with van der Waals surface area (Å²) >= 11 is 0. The second-order valence-corrected chi connectivity index (χ2v) is 20.0. The van der Waals surface area contributed by atoms with Crippen molar-refractivity contribution in [3.8, 4) is 0 Å². The minimum absolute atomic E-state index is 0.181. The van der Waals surface area contributed by atoms with Gasteiger partial charge in [-0.15, -0.1) is 0 Å². The maximum absolute atomic E-state index is 13.3. The average molecular weight is 567 g/mol. The molecule has 2 nitrogen and oxygen atoms in total. The maximum atomic E-state index is 13.3. The molecule has 16 aliphatic rings. The lowest BCUT2D eigenvalue weighted by Crippen LogP contribution is -2.57. The summed E-state index contributed by atoms with van der Waals surface area (Å²) in [5.41, 5.74) is 7.67. The van der Waals surface area contributed by atoms with E-state index in [0.29, 0.717) is 17.8 Å². The van der Waals surface area contributed by atoms with Crippen molar-refractivity contribution in [3.05, 3.63) is 46.6 Å². The second kappa shape index (κ2) is 5.88. The van der Waals surface area contributed by atoms with Gasteiger partial charge in [0.05, 0.1) is 5.92 Å². The summed E-state index contributed by atoms with van der Waals surface area (Å²) in [5, 5.41) is 11.0. The lowest BCUT2D eigenvalue weighted by Gasteiger charge is -2.60. The van der Waals surface area contributed by atoms with Crippen LogP contribution in [0.4, 0.5) is 0 Å². The van der Waals surface area contributed by atoms with E-state index in [1.807, 2.05) is 5.57 Å². The van der Waals surface area contributed by atoms with E-state index in [1.54, 1.807) is 12.8 Å². The Hall–Kier alpha value is -1.57. The van der Waals surface area contributed by atoms with Crippen molar-refractivity contribution in [2.24, 2.45) is 160 Å². The molecule has 16 aliphatic carbocycles. The zero-order valence-corrected chi connectivity index (χ0v) is 24.8. The van der Waals surface area contributed by atoms with Gasteiger partial charge in [0.25, 0.3) is 0 Å². The number of allylic oxidation sites excluding steroid dienone is 7. The van der Waals surface area contributed by atoms with E-state index < -0.39 is 5.97 Å².